The fraction of sp³-hybridized carbons (Fsp3) is 0.273. The van der Waals surface area contributed by atoms with Gasteiger partial charge in [0.1, 0.15) is 0 Å². The number of fused-ring (bicyclic) bond motifs is 1. The summed E-state index contributed by atoms with van der Waals surface area (Å²) in [5, 5.41) is 0.577. The third kappa shape index (κ3) is 1.98. The SMILES string of the molecule is CC(C)Oc1nc2ccccc2c(=O)[nH]1. The lowest BCUT2D eigenvalue weighted by Crippen LogP contribution is -2.14. The number of benzene rings is 1. The molecule has 2 aromatic rings. The van der Waals surface area contributed by atoms with Gasteiger partial charge >= 0.3 is 0 Å². The molecule has 1 heterocycles. The highest BCUT2D eigenvalue weighted by Gasteiger charge is 2.04. The summed E-state index contributed by atoms with van der Waals surface area (Å²) in [6, 6.07) is 7.45. The molecule has 4 nitrogen and oxygen atoms in total. The van der Waals surface area contributed by atoms with Crippen LogP contribution in [-0.4, -0.2) is 16.1 Å². The average molecular weight is 204 g/mol. The topological polar surface area (TPSA) is 55.0 Å². The summed E-state index contributed by atoms with van der Waals surface area (Å²) in [5.41, 5.74) is 0.480. The molecule has 0 amide bonds. The molecular formula is C11H12N2O2. The van der Waals surface area contributed by atoms with Crippen LogP contribution in [0.2, 0.25) is 0 Å². The Hall–Kier alpha value is -1.84. The summed E-state index contributed by atoms with van der Waals surface area (Å²) in [5.74, 6) is 0. The fourth-order valence-electron chi connectivity index (χ4n) is 1.34. The predicted octanol–water partition coefficient (Wildman–Crippen LogP) is 1.71. The first kappa shape index (κ1) is 9.71. The van der Waals surface area contributed by atoms with Gasteiger partial charge < -0.3 is 4.74 Å². The van der Waals surface area contributed by atoms with E-state index in [1.165, 1.54) is 0 Å². The van der Waals surface area contributed by atoms with Gasteiger partial charge in [-0.2, -0.15) is 4.98 Å². The molecule has 1 N–H and O–H groups in total. The molecule has 0 aliphatic heterocycles. The minimum absolute atomic E-state index is 0.00527. The molecule has 0 saturated heterocycles. The van der Waals surface area contributed by atoms with Crippen LogP contribution in [0.15, 0.2) is 29.1 Å². The molecule has 0 fully saturated rings. The average Bonchev–Trinajstić information content (AvgIpc) is 2.16. The van der Waals surface area contributed by atoms with Crippen molar-refractivity contribution in [2.45, 2.75) is 20.0 Å². The van der Waals surface area contributed by atoms with Crippen LogP contribution >= 0.6 is 0 Å². The van der Waals surface area contributed by atoms with Gasteiger partial charge in [-0.1, -0.05) is 12.1 Å². The highest BCUT2D eigenvalue weighted by Crippen LogP contribution is 2.09. The lowest BCUT2D eigenvalue weighted by Gasteiger charge is -2.08. The number of aromatic nitrogens is 2. The van der Waals surface area contributed by atoms with E-state index in [2.05, 4.69) is 9.97 Å². The first-order valence-electron chi connectivity index (χ1n) is 4.82. The van der Waals surface area contributed by atoms with E-state index in [-0.39, 0.29) is 17.7 Å². The zero-order valence-electron chi connectivity index (χ0n) is 8.65. The molecule has 0 aliphatic carbocycles. The number of nitrogens with zero attached hydrogens (tertiary/aromatic N) is 1. The Bertz CT molecular complexity index is 531. The van der Waals surface area contributed by atoms with Crippen LogP contribution in [0.5, 0.6) is 6.01 Å². The third-order valence-electron chi connectivity index (χ3n) is 1.94. The van der Waals surface area contributed by atoms with Crippen molar-refractivity contribution >= 4 is 10.9 Å². The molecule has 15 heavy (non-hydrogen) atoms. The Morgan fingerprint density at radius 2 is 2.07 bits per heavy atom. The van der Waals surface area contributed by atoms with Crippen LogP contribution in [0.1, 0.15) is 13.8 Å². The second-order valence-corrected chi connectivity index (χ2v) is 3.55. The smallest absolute Gasteiger partial charge is 0.297 e. The molecule has 2 rings (SSSR count). The molecule has 0 spiro atoms. The van der Waals surface area contributed by atoms with E-state index >= 15 is 0 Å². The summed E-state index contributed by atoms with van der Waals surface area (Å²) in [7, 11) is 0. The van der Waals surface area contributed by atoms with Crippen molar-refractivity contribution in [3.8, 4) is 6.01 Å². The minimum Gasteiger partial charge on any atom is -0.462 e. The summed E-state index contributed by atoms with van der Waals surface area (Å²) in [6.45, 7) is 3.77. The van der Waals surface area contributed by atoms with Gasteiger partial charge in [0.25, 0.3) is 11.6 Å². The monoisotopic (exact) mass is 204 g/mol. The molecule has 0 aliphatic rings. The first-order chi connectivity index (χ1) is 7.16. The lowest BCUT2D eigenvalue weighted by molar-refractivity contribution is 0.222. The summed E-state index contributed by atoms with van der Waals surface area (Å²) < 4.78 is 5.34. The Balaban J connectivity index is 2.57. The molecule has 0 unspecified atom stereocenters. The van der Waals surface area contributed by atoms with Crippen molar-refractivity contribution in [1.29, 1.82) is 0 Å². The number of aromatic amines is 1. The molecular weight excluding hydrogens is 192 g/mol. The normalized spacial score (nSPS) is 10.9. The Labute approximate surface area is 86.9 Å². The second-order valence-electron chi connectivity index (χ2n) is 3.55. The van der Waals surface area contributed by atoms with E-state index in [9.17, 15) is 4.79 Å². The number of hydrogen-bond acceptors (Lipinski definition) is 3. The van der Waals surface area contributed by atoms with Gasteiger partial charge in [-0.3, -0.25) is 9.78 Å². The zero-order valence-corrected chi connectivity index (χ0v) is 8.65. The molecule has 1 aromatic carbocycles. The summed E-state index contributed by atoms with van der Waals surface area (Å²) in [4.78, 5) is 18.4. The van der Waals surface area contributed by atoms with Crippen molar-refractivity contribution in [3.63, 3.8) is 0 Å². The minimum atomic E-state index is -0.170. The quantitative estimate of drug-likeness (QED) is 0.810. The van der Waals surface area contributed by atoms with E-state index in [1.54, 1.807) is 12.1 Å². The zero-order chi connectivity index (χ0) is 10.8. The highest BCUT2D eigenvalue weighted by molar-refractivity contribution is 5.77. The van der Waals surface area contributed by atoms with Gasteiger partial charge in [-0.25, -0.2) is 0 Å². The number of hydrogen-bond donors (Lipinski definition) is 1. The van der Waals surface area contributed by atoms with Crippen LogP contribution in [0.3, 0.4) is 0 Å². The summed E-state index contributed by atoms with van der Waals surface area (Å²) >= 11 is 0. The summed E-state index contributed by atoms with van der Waals surface area (Å²) in [6.07, 6.45) is -0.00527. The fourth-order valence-corrected chi connectivity index (χ4v) is 1.34. The van der Waals surface area contributed by atoms with Crippen molar-refractivity contribution in [2.24, 2.45) is 0 Å². The van der Waals surface area contributed by atoms with Gasteiger partial charge in [0.05, 0.1) is 17.0 Å². The standard InChI is InChI=1S/C11H12N2O2/c1-7(2)15-11-12-9-6-4-3-5-8(9)10(14)13-11/h3-7H,1-2H3,(H,12,13,14). The molecule has 78 valence electrons. The Kier molecular flexibility index (Phi) is 2.41. The van der Waals surface area contributed by atoms with Gasteiger partial charge in [0.15, 0.2) is 0 Å². The van der Waals surface area contributed by atoms with Crippen LogP contribution in [0.25, 0.3) is 10.9 Å². The second kappa shape index (κ2) is 3.73. The Morgan fingerprint density at radius 3 is 2.80 bits per heavy atom. The Morgan fingerprint density at radius 1 is 1.33 bits per heavy atom. The van der Waals surface area contributed by atoms with Crippen LogP contribution in [-0.2, 0) is 0 Å². The molecule has 1 aromatic heterocycles. The van der Waals surface area contributed by atoms with Crippen molar-refractivity contribution in [2.75, 3.05) is 0 Å². The van der Waals surface area contributed by atoms with Crippen molar-refractivity contribution in [3.05, 3.63) is 34.6 Å². The maximum absolute atomic E-state index is 11.6. The van der Waals surface area contributed by atoms with E-state index in [0.717, 1.165) is 0 Å². The van der Waals surface area contributed by atoms with Crippen molar-refractivity contribution in [1.82, 2.24) is 9.97 Å². The number of rotatable bonds is 2. The molecule has 0 atom stereocenters. The van der Waals surface area contributed by atoms with Crippen LogP contribution in [0.4, 0.5) is 0 Å². The third-order valence-corrected chi connectivity index (χ3v) is 1.94. The van der Waals surface area contributed by atoms with Gasteiger partial charge in [-0.15, -0.1) is 0 Å². The lowest BCUT2D eigenvalue weighted by atomic mass is 10.2. The molecule has 0 radical (unpaired) electrons. The number of ether oxygens (including phenoxy) is 1. The largest absolute Gasteiger partial charge is 0.462 e. The maximum Gasteiger partial charge on any atom is 0.297 e. The maximum atomic E-state index is 11.6. The number of para-hydroxylation sites is 1. The predicted molar refractivity (Wildman–Crippen MR) is 58.1 cm³/mol. The van der Waals surface area contributed by atoms with E-state index in [1.807, 2.05) is 26.0 Å². The van der Waals surface area contributed by atoms with E-state index in [4.69, 9.17) is 4.74 Å². The first-order valence-corrected chi connectivity index (χ1v) is 4.82. The van der Waals surface area contributed by atoms with Crippen molar-refractivity contribution < 1.29 is 4.74 Å². The van der Waals surface area contributed by atoms with Gasteiger partial charge in [-0.05, 0) is 26.0 Å². The molecule has 4 heteroatoms. The van der Waals surface area contributed by atoms with Gasteiger partial charge in [0, 0.05) is 0 Å². The van der Waals surface area contributed by atoms with E-state index in [0.29, 0.717) is 10.9 Å². The van der Waals surface area contributed by atoms with Gasteiger partial charge in [0.2, 0.25) is 0 Å². The van der Waals surface area contributed by atoms with Crippen LogP contribution < -0.4 is 10.3 Å². The highest BCUT2D eigenvalue weighted by atomic mass is 16.5. The van der Waals surface area contributed by atoms with E-state index < -0.39 is 0 Å². The van der Waals surface area contributed by atoms with Crippen LogP contribution in [0, 0.1) is 0 Å². The number of H-pyrrole nitrogens is 1. The molecule has 0 saturated carbocycles. The number of nitrogens with one attached hydrogen (secondary N) is 1. The molecule has 0 bridgehead atoms.